The van der Waals surface area contributed by atoms with Gasteiger partial charge in [0.05, 0.1) is 5.52 Å². The highest BCUT2D eigenvalue weighted by Gasteiger charge is 2.03. The molecule has 0 saturated heterocycles. The van der Waals surface area contributed by atoms with Gasteiger partial charge in [-0.2, -0.15) is 0 Å². The lowest BCUT2D eigenvalue weighted by Gasteiger charge is -2.03. The van der Waals surface area contributed by atoms with E-state index in [9.17, 15) is 4.79 Å². The van der Waals surface area contributed by atoms with Crippen LogP contribution in [0, 0.1) is 0 Å². The zero-order valence-electron chi connectivity index (χ0n) is 9.18. The summed E-state index contributed by atoms with van der Waals surface area (Å²) in [4.78, 5) is 13.9. The van der Waals surface area contributed by atoms with E-state index in [0.29, 0.717) is 5.56 Å². The molecule has 3 rings (SSSR count). The monoisotopic (exact) mass is 221 g/mol. The van der Waals surface area contributed by atoms with E-state index in [1.54, 1.807) is 0 Å². The van der Waals surface area contributed by atoms with Crippen molar-refractivity contribution in [2.45, 2.75) is 0 Å². The maximum Gasteiger partial charge on any atom is 0.150 e. The lowest BCUT2D eigenvalue weighted by Crippen LogP contribution is -1.82. The summed E-state index contributed by atoms with van der Waals surface area (Å²) in [5, 5.41) is 1.20. The van der Waals surface area contributed by atoms with Crippen molar-refractivity contribution in [1.29, 1.82) is 0 Å². The first-order valence-corrected chi connectivity index (χ1v) is 5.50. The number of benzene rings is 2. The maximum absolute atomic E-state index is 10.6. The molecule has 0 spiro atoms. The Bertz CT molecular complexity index is 665. The number of rotatable bonds is 2. The first-order chi connectivity index (χ1) is 8.38. The predicted molar refractivity (Wildman–Crippen MR) is 69.1 cm³/mol. The molecule has 2 nitrogen and oxygen atoms in total. The van der Waals surface area contributed by atoms with Crippen molar-refractivity contribution in [3.63, 3.8) is 0 Å². The van der Waals surface area contributed by atoms with E-state index in [0.717, 1.165) is 22.9 Å². The van der Waals surface area contributed by atoms with E-state index in [-0.39, 0.29) is 0 Å². The molecule has 0 aliphatic carbocycles. The smallest absolute Gasteiger partial charge is 0.150 e. The summed E-state index contributed by atoms with van der Waals surface area (Å²) >= 11 is 0. The summed E-state index contributed by atoms with van der Waals surface area (Å²) in [7, 11) is 0. The summed E-state index contributed by atoms with van der Waals surface area (Å²) in [6.45, 7) is 0. The highest BCUT2D eigenvalue weighted by molar-refractivity contribution is 5.94. The third-order valence-electron chi connectivity index (χ3n) is 2.95. The van der Waals surface area contributed by atoms with Gasteiger partial charge in [-0.3, -0.25) is 4.79 Å². The lowest BCUT2D eigenvalue weighted by molar-refractivity contribution is 0.112. The quantitative estimate of drug-likeness (QED) is 0.658. The van der Waals surface area contributed by atoms with Crippen LogP contribution in [0.25, 0.3) is 22.0 Å². The Morgan fingerprint density at radius 2 is 1.76 bits per heavy atom. The van der Waals surface area contributed by atoms with Crippen molar-refractivity contribution in [1.82, 2.24) is 4.98 Å². The molecular weight excluding hydrogens is 210 g/mol. The first-order valence-electron chi connectivity index (χ1n) is 5.50. The molecular formula is C15H11NO. The predicted octanol–water partition coefficient (Wildman–Crippen LogP) is 3.65. The molecule has 0 atom stereocenters. The van der Waals surface area contributed by atoms with Gasteiger partial charge >= 0.3 is 0 Å². The van der Waals surface area contributed by atoms with Gasteiger partial charge in [0.25, 0.3) is 0 Å². The lowest BCUT2D eigenvalue weighted by atomic mass is 10.0. The minimum atomic E-state index is 0.701. The minimum Gasteiger partial charge on any atom is -0.361 e. The van der Waals surface area contributed by atoms with Crippen LogP contribution in [0.5, 0.6) is 0 Å². The summed E-state index contributed by atoms with van der Waals surface area (Å²) in [6.07, 6.45) is 2.80. The number of para-hydroxylation sites is 1. The number of H-pyrrole nitrogens is 1. The second kappa shape index (κ2) is 3.91. The molecule has 17 heavy (non-hydrogen) atoms. The molecule has 0 amide bonds. The Hall–Kier alpha value is -2.35. The highest BCUT2D eigenvalue weighted by atomic mass is 16.1. The normalized spacial score (nSPS) is 10.6. The molecule has 0 aliphatic rings. The summed E-state index contributed by atoms with van der Waals surface area (Å²) in [5.74, 6) is 0. The van der Waals surface area contributed by atoms with Crippen molar-refractivity contribution in [3.8, 4) is 11.1 Å². The number of aldehydes is 1. The first kappa shape index (κ1) is 9.85. The number of aromatic amines is 1. The number of fused-ring (bicyclic) bond motifs is 1. The van der Waals surface area contributed by atoms with Crippen molar-refractivity contribution in [2.24, 2.45) is 0 Å². The van der Waals surface area contributed by atoms with Gasteiger partial charge in [0.1, 0.15) is 6.29 Å². The van der Waals surface area contributed by atoms with Crippen LogP contribution in [0.4, 0.5) is 0 Å². The molecule has 0 bridgehead atoms. The second-order valence-electron chi connectivity index (χ2n) is 3.99. The average Bonchev–Trinajstić information content (AvgIpc) is 2.87. The van der Waals surface area contributed by atoms with Crippen LogP contribution in [0.2, 0.25) is 0 Å². The van der Waals surface area contributed by atoms with Crippen LogP contribution in [0.15, 0.2) is 54.7 Å². The van der Waals surface area contributed by atoms with Crippen molar-refractivity contribution in [2.75, 3.05) is 0 Å². The van der Waals surface area contributed by atoms with Crippen molar-refractivity contribution < 1.29 is 4.79 Å². The Morgan fingerprint density at radius 3 is 2.53 bits per heavy atom. The van der Waals surface area contributed by atoms with Crippen LogP contribution >= 0.6 is 0 Å². The highest BCUT2D eigenvalue weighted by Crippen LogP contribution is 2.27. The average molecular weight is 221 g/mol. The Morgan fingerprint density at radius 1 is 0.941 bits per heavy atom. The SMILES string of the molecule is O=Cc1ccc(-c2cccc3cc[nH]c23)cc1. The fourth-order valence-corrected chi connectivity index (χ4v) is 2.07. The third-order valence-corrected chi connectivity index (χ3v) is 2.95. The molecule has 82 valence electrons. The Kier molecular flexibility index (Phi) is 2.26. The third kappa shape index (κ3) is 1.64. The van der Waals surface area contributed by atoms with E-state index >= 15 is 0 Å². The number of nitrogens with one attached hydrogen (secondary N) is 1. The molecule has 1 heterocycles. The molecule has 0 radical (unpaired) electrons. The molecule has 1 aromatic heterocycles. The van der Waals surface area contributed by atoms with E-state index < -0.39 is 0 Å². The van der Waals surface area contributed by atoms with E-state index in [2.05, 4.69) is 23.2 Å². The van der Waals surface area contributed by atoms with Gasteiger partial charge in [0, 0.05) is 17.3 Å². The second-order valence-corrected chi connectivity index (χ2v) is 3.99. The standard InChI is InChI=1S/C15H11NO/c17-10-11-4-6-12(7-5-11)14-3-1-2-13-8-9-16-15(13)14/h1-10,16H. The zero-order valence-corrected chi connectivity index (χ0v) is 9.18. The number of carbonyl (C=O) groups is 1. The van der Waals surface area contributed by atoms with Gasteiger partial charge in [0.2, 0.25) is 0 Å². The number of hydrogen-bond acceptors (Lipinski definition) is 1. The molecule has 2 heteroatoms. The maximum atomic E-state index is 10.6. The zero-order chi connectivity index (χ0) is 11.7. The number of carbonyl (C=O) groups excluding carboxylic acids is 1. The fraction of sp³-hybridized carbons (Fsp3) is 0. The van der Waals surface area contributed by atoms with Gasteiger partial charge in [-0.1, -0.05) is 42.5 Å². The van der Waals surface area contributed by atoms with Crippen LogP contribution < -0.4 is 0 Å². The van der Waals surface area contributed by atoms with Gasteiger partial charge in [-0.15, -0.1) is 0 Å². The summed E-state index contributed by atoms with van der Waals surface area (Å²) in [5.41, 5.74) is 4.10. The molecule has 0 aliphatic heterocycles. The molecule has 0 saturated carbocycles. The molecule has 0 fully saturated rings. The molecule has 3 aromatic rings. The van der Waals surface area contributed by atoms with Crippen LogP contribution in [-0.4, -0.2) is 11.3 Å². The van der Waals surface area contributed by atoms with Crippen LogP contribution in [-0.2, 0) is 0 Å². The molecule has 0 unspecified atom stereocenters. The Balaban J connectivity index is 2.19. The summed E-state index contributed by atoms with van der Waals surface area (Å²) < 4.78 is 0. The molecule has 2 aromatic carbocycles. The number of hydrogen-bond donors (Lipinski definition) is 1. The van der Waals surface area contributed by atoms with Gasteiger partial charge in [-0.05, 0) is 17.0 Å². The van der Waals surface area contributed by atoms with Gasteiger partial charge in [0.15, 0.2) is 0 Å². The van der Waals surface area contributed by atoms with Crippen LogP contribution in [0.3, 0.4) is 0 Å². The van der Waals surface area contributed by atoms with Gasteiger partial charge in [-0.25, -0.2) is 0 Å². The van der Waals surface area contributed by atoms with Crippen molar-refractivity contribution in [3.05, 3.63) is 60.3 Å². The largest absolute Gasteiger partial charge is 0.361 e. The minimum absolute atomic E-state index is 0.701. The topological polar surface area (TPSA) is 32.9 Å². The fourth-order valence-electron chi connectivity index (χ4n) is 2.07. The van der Waals surface area contributed by atoms with Crippen molar-refractivity contribution >= 4 is 17.2 Å². The summed E-state index contributed by atoms with van der Waals surface area (Å²) in [6, 6.07) is 15.9. The van der Waals surface area contributed by atoms with E-state index in [1.807, 2.05) is 36.5 Å². The van der Waals surface area contributed by atoms with E-state index in [4.69, 9.17) is 0 Å². The molecule has 1 N–H and O–H groups in total. The number of aromatic nitrogens is 1. The van der Waals surface area contributed by atoms with E-state index in [1.165, 1.54) is 5.39 Å². The van der Waals surface area contributed by atoms with Crippen LogP contribution in [0.1, 0.15) is 10.4 Å². The Labute approximate surface area is 98.9 Å². The van der Waals surface area contributed by atoms with Gasteiger partial charge < -0.3 is 4.98 Å².